The fourth-order valence-corrected chi connectivity index (χ4v) is 7.91. The van der Waals surface area contributed by atoms with Crippen LogP contribution in [0.5, 0.6) is 5.75 Å². The lowest BCUT2D eigenvalue weighted by Crippen LogP contribution is -2.19. The standard InChI is InChI=1S/C49H35N3O2/c1-49(2,35-16-5-3-6-17-35)36-27-33(26-34(28-36)45-47-39(24-25-50-45)41-29-31-14-9-10-15-32(31)30-44(41)54-47)38-21-13-22-42-46(38)51-48(40-20-11-12-23-43(40)53)52(42)37-18-7-4-8-19-37/h3-30,53H,1-2H3. The van der Waals surface area contributed by atoms with E-state index < -0.39 is 0 Å². The van der Waals surface area contributed by atoms with Gasteiger partial charge in [0.1, 0.15) is 22.9 Å². The maximum absolute atomic E-state index is 11.1. The van der Waals surface area contributed by atoms with Crippen molar-refractivity contribution in [2.24, 2.45) is 0 Å². The van der Waals surface area contributed by atoms with Gasteiger partial charge in [0.15, 0.2) is 5.58 Å². The highest BCUT2D eigenvalue weighted by atomic mass is 16.3. The molecule has 5 heteroatoms. The highest BCUT2D eigenvalue weighted by molar-refractivity contribution is 6.12. The van der Waals surface area contributed by atoms with Crippen LogP contribution < -0.4 is 0 Å². The molecule has 0 fully saturated rings. The van der Waals surface area contributed by atoms with E-state index in [1.54, 1.807) is 6.07 Å². The largest absolute Gasteiger partial charge is 0.507 e. The number of hydrogen-bond donors (Lipinski definition) is 1. The number of hydrogen-bond acceptors (Lipinski definition) is 4. The predicted molar refractivity (Wildman–Crippen MR) is 220 cm³/mol. The van der Waals surface area contributed by atoms with Crippen LogP contribution in [0.2, 0.25) is 0 Å². The van der Waals surface area contributed by atoms with Gasteiger partial charge in [-0.3, -0.25) is 9.55 Å². The van der Waals surface area contributed by atoms with Gasteiger partial charge in [0.25, 0.3) is 0 Å². The van der Waals surface area contributed by atoms with Crippen LogP contribution in [0.4, 0.5) is 0 Å². The van der Waals surface area contributed by atoms with Gasteiger partial charge in [0, 0.05) is 39.2 Å². The zero-order valence-corrected chi connectivity index (χ0v) is 29.9. The number of furan rings is 1. The molecule has 0 unspecified atom stereocenters. The van der Waals surface area contributed by atoms with Crippen LogP contribution in [-0.2, 0) is 5.41 Å². The molecule has 0 aliphatic rings. The van der Waals surface area contributed by atoms with E-state index in [1.165, 1.54) is 10.9 Å². The maximum atomic E-state index is 11.1. The Morgan fingerprint density at radius 2 is 1.28 bits per heavy atom. The molecular formula is C49H35N3O2. The minimum atomic E-state index is -0.343. The number of aromatic hydroxyl groups is 1. The van der Waals surface area contributed by atoms with Crippen molar-refractivity contribution in [3.05, 3.63) is 181 Å². The van der Waals surface area contributed by atoms with Crippen LogP contribution in [-0.4, -0.2) is 19.6 Å². The Balaban J connectivity index is 1.25. The van der Waals surface area contributed by atoms with E-state index in [4.69, 9.17) is 14.4 Å². The summed E-state index contributed by atoms with van der Waals surface area (Å²) in [7, 11) is 0. The average Bonchev–Trinajstić information content (AvgIpc) is 3.79. The maximum Gasteiger partial charge on any atom is 0.161 e. The van der Waals surface area contributed by atoms with Gasteiger partial charge in [0.2, 0.25) is 0 Å². The van der Waals surface area contributed by atoms with Crippen LogP contribution in [0.15, 0.2) is 174 Å². The third kappa shape index (κ3) is 5.08. The Bertz CT molecular complexity index is 3030. The number of pyridine rings is 1. The zero-order valence-electron chi connectivity index (χ0n) is 29.9. The first kappa shape index (κ1) is 31.7. The highest BCUT2D eigenvalue weighted by Gasteiger charge is 2.27. The summed E-state index contributed by atoms with van der Waals surface area (Å²) < 4.78 is 8.83. The number of para-hydroxylation sites is 3. The summed E-state index contributed by atoms with van der Waals surface area (Å²) in [5, 5.41) is 15.5. The van der Waals surface area contributed by atoms with E-state index in [2.05, 4.69) is 140 Å². The van der Waals surface area contributed by atoms with E-state index in [0.717, 1.165) is 72.0 Å². The van der Waals surface area contributed by atoms with E-state index >= 15 is 0 Å². The third-order valence-electron chi connectivity index (χ3n) is 10.8. The number of rotatable bonds is 6. The average molecular weight is 698 g/mol. The Hall–Kier alpha value is -6.98. The van der Waals surface area contributed by atoms with E-state index in [0.29, 0.717) is 11.4 Å². The van der Waals surface area contributed by atoms with Gasteiger partial charge in [0.05, 0.1) is 16.6 Å². The lowest BCUT2D eigenvalue weighted by atomic mass is 9.76. The molecule has 7 aromatic carbocycles. The van der Waals surface area contributed by atoms with Crippen molar-refractivity contribution < 1.29 is 9.52 Å². The topological polar surface area (TPSA) is 64.1 Å². The van der Waals surface area contributed by atoms with Crippen molar-refractivity contribution in [2.45, 2.75) is 19.3 Å². The number of imidazole rings is 1. The first-order chi connectivity index (χ1) is 26.4. The summed E-state index contributed by atoms with van der Waals surface area (Å²) in [6.45, 7) is 4.54. The second kappa shape index (κ2) is 12.3. The molecule has 5 nitrogen and oxygen atoms in total. The molecule has 0 amide bonds. The number of benzene rings is 7. The summed E-state index contributed by atoms with van der Waals surface area (Å²) in [4.78, 5) is 10.3. The van der Waals surface area contributed by atoms with Gasteiger partial charge in [-0.2, -0.15) is 0 Å². The van der Waals surface area contributed by atoms with Crippen LogP contribution in [0.1, 0.15) is 25.0 Å². The molecule has 54 heavy (non-hydrogen) atoms. The SMILES string of the molecule is CC(C)(c1ccccc1)c1cc(-c2cccc3c2nc(-c2ccccc2O)n3-c2ccccc2)cc(-c2nccc3c2oc2cc4ccccc4cc23)c1. The summed E-state index contributed by atoms with van der Waals surface area (Å²) in [6.07, 6.45) is 1.89. The van der Waals surface area contributed by atoms with Crippen LogP contribution in [0.3, 0.4) is 0 Å². The van der Waals surface area contributed by atoms with Crippen molar-refractivity contribution in [1.29, 1.82) is 0 Å². The van der Waals surface area contributed by atoms with Gasteiger partial charge >= 0.3 is 0 Å². The number of aromatic nitrogens is 3. The van der Waals surface area contributed by atoms with E-state index in [1.807, 2.05) is 42.6 Å². The van der Waals surface area contributed by atoms with Crippen LogP contribution in [0.25, 0.3) is 83.2 Å². The molecule has 10 aromatic rings. The predicted octanol–water partition coefficient (Wildman–Crippen LogP) is 12.5. The second-order valence-corrected chi connectivity index (χ2v) is 14.4. The molecule has 258 valence electrons. The number of phenols is 1. The molecule has 0 spiro atoms. The molecule has 0 radical (unpaired) electrons. The van der Waals surface area contributed by atoms with Crippen molar-refractivity contribution in [1.82, 2.24) is 14.5 Å². The van der Waals surface area contributed by atoms with Gasteiger partial charge in [-0.1, -0.05) is 117 Å². The first-order valence-electron chi connectivity index (χ1n) is 18.2. The molecule has 0 bridgehead atoms. The molecule has 0 aliphatic carbocycles. The first-order valence-corrected chi connectivity index (χ1v) is 18.2. The van der Waals surface area contributed by atoms with Crippen molar-refractivity contribution in [2.75, 3.05) is 0 Å². The van der Waals surface area contributed by atoms with Crippen molar-refractivity contribution in [3.8, 4) is 45.2 Å². The fourth-order valence-electron chi connectivity index (χ4n) is 7.91. The summed E-state index contributed by atoms with van der Waals surface area (Å²) in [5.74, 6) is 0.849. The molecule has 0 atom stereocenters. The highest BCUT2D eigenvalue weighted by Crippen LogP contribution is 2.43. The lowest BCUT2D eigenvalue weighted by molar-refractivity contribution is 0.477. The third-order valence-corrected chi connectivity index (χ3v) is 10.8. The molecule has 0 aliphatic heterocycles. The smallest absolute Gasteiger partial charge is 0.161 e. The normalized spacial score (nSPS) is 12.0. The summed E-state index contributed by atoms with van der Waals surface area (Å²) >= 11 is 0. The van der Waals surface area contributed by atoms with Crippen molar-refractivity contribution in [3.63, 3.8) is 0 Å². The molecule has 0 saturated carbocycles. The molecule has 1 N–H and O–H groups in total. The number of fused-ring (bicyclic) bond motifs is 5. The lowest BCUT2D eigenvalue weighted by Gasteiger charge is -2.27. The number of nitrogens with zero attached hydrogens (tertiary/aromatic N) is 3. The minimum absolute atomic E-state index is 0.179. The minimum Gasteiger partial charge on any atom is -0.507 e. The Labute approximate surface area is 312 Å². The Morgan fingerprint density at radius 1 is 0.593 bits per heavy atom. The fraction of sp³-hybridized carbons (Fsp3) is 0.0612. The molecule has 0 saturated heterocycles. The quantitative estimate of drug-likeness (QED) is 0.188. The van der Waals surface area contributed by atoms with E-state index in [9.17, 15) is 5.11 Å². The molecule has 3 aromatic heterocycles. The second-order valence-electron chi connectivity index (χ2n) is 14.4. The Morgan fingerprint density at radius 3 is 2.07 bits per heavy atom. The van der Waals surface area contributed by atoms with Gasteiger partial charge < -0.3 is 9.52 Å². The van der Waals surface area contributed by atoms with Gasteiger partial charge in [-0.25, -0.2) is 4.98 Å². The zero-order chi connectivity index (χ0) is 36.4. The van der Waals surface area contributed by atoms with Crippen molar-refractivity contribution >= 4 is 43.7 Å². The van der Waals surface area contributed by atoms with Gasteiger partial charge in [-0.15, -0.1) is 0 Å². The summed E-state index contributed by atoms with van der Waals surface area (Å²) in [6, 6.07) is 56.1. The molecule has 10 rings (SSSR count). The summed E-state index contributed by atoms with van der Waals surface area (Å²) in [5.41, 5.74) is 10.8. The number of phenolic OH excluding ortho intramolecular Hbond substituents is 1. The van der Waals surface area contributed by atoms with E-state index in [-0.39, 0.29) is 11.2 Å². The van der Waals surface area contributed by atoms with Gasteiger partial charge in [-0.05, 0) is 88.1 Å². The molecular weight excluding hydrogens is 663 g/mol. The van der Waals surface area contributed by atoms with Crippen LogP contribution >= 0.6 is 0 Å². The monoisotopic (exact) mass is 697 g/mol. The van der Waals surface area contributed by atoms with Crippen LogP contribution in [0, 0.1) is 0 Å². The Kier molecular flexibility index (Phi) is 7.24. The molecule has 3 heterocycles.